The van der Waals surface area contributed by atoms with Crippen LogP contribution in [0.5, 0.6) is 0 Å². The second kappa shape index (κ2) is 12.3. The molecule has 2 atom stereocenters. The maximum Gasteiger partial charge on any atom is 0.399 e. The van der Waals surface area contributed by atoms with Crippen molar-refractivity contribution in [2.45, 2.75) is 38.1 Å². The van der Waals surface area contributed by atoms with E-state index in [9.17, 15) is 28.3 Å². The quantitative estimate of drug-likeness (QED) is 0.362. The Labute approximate surface area is 247 Å². The molecule has 1 unspecified atom stereocenters. The number of nitrogens with one attached hydrogen (secondary N) is 2. The number of hydrogen-bond acceptors (Lipinski definition) is 6. The number of aryl methyl sites for hydroxylation is 1. The fourth-order valence-electron chi connectivity index (χ4n) is 5.82. The lowest BCUT2D eigenvalue weighted by molar-refractivity contribution is -0.499. The maximum atomic E-state index is 14.6. The minimum absolute atomic E-state index is 0.0162. The highest BCUT2D eigenvalue weighted by Crippen LogP contribution is 2.40. The number of piperidine rings is 2. The molecule has 8 nitrogen and oxygen atoms in total. The smallest absolute Gasteiger partial charge is 0.399 e. The molecule has 0 spiro atoms. The number of benzene rings is 2. The molecule has 0 aliphatic carbocycles. The first kappa shape index (κ1) is 29.8. The first-order valence-corrected chi connectivity index (χ1v) is 14.0. The zero-order chi connectivity index (χ0) is 30.7. The molecule has 222 valence electrons. The number of amidine groups is 1. The van der Waals surface area contributed by atoms with Gasteiger partial charge in [-0.25, -0.2) is 15.1 Å². The first-order valence-electron chi connectivity index (χ1n) is 14.0. The number of anilines is 1. The number of nitrogens with zero attached hydrogens (tertiary/aromatic N) is 3. The van der Waals surface area contributed by atoms with Crippen molar-refractivity contribution in [3.63, 3.8) is 0 Å². The molecule has 0 bridgehead atoms. The molecule has 2 aliphatic heterocycles. The third-order valence-corrected chi connectivity index (χ3v) is 8.10. The largest absolute Gasteiger partial charge is 0.401 e. The molecule has 0 radical (unpaired) electrons. The summed E-state index contributed by atoms with van der Waals surface area (Å²) in [6, 6.07) is 21.6. The van der Waals surface area contributed by atoms with E-state index >= 15 is 0 Å². The Hall–Kier alpha value is -4.69. The van der Waals surface area contributed by atoms with Crippen LogP contribution in [0.25, 0.3) is 0 Å². The number of allylic oxidation sites excluding steroid dienone is 1. The van der Waals surface area contributed by atoms with E-state index in [1.165, 1.54) is 0 Å². The number of aliphatic hydroxyl groups excluding tert-OH is 1. The van der Waals surface area contributed by atoms with Crippen molar-refractivity contribution in [1.82, 2.24) is 10.3 Å². The summed E-state index contributed by atoms with van der Waals surface area (Å²) in [5, 5.41) is 22.2. The molecular formula is C32H32F3N6O2+. The molecule has 3 heterocycles. The van der Waals surface area contributed by atoms with E-state index in [1.807, 2.05) is 72.8 Å². The van der Waals surface area contributed by atoms with Crippen LogP contribution in [-0.2, 0) is 4.79 Å². The van der Waals surface area contributed by atoms with Gasteiger partial charge in [0, 0.05) is 35.8 Å². The van der Waals surface area contributed by atoms with Gasteiger partial charge in [-0.1, -0.05) is 60.7 Å². The van der Waals surface area contributed by atoms with E-state index < -0.39 is 36.1 Å². The highest BCUT2D eigenvalue weighted by molar-refractivity contribution is 6.10. The third kappa shape index (κ3) is 6.24. The number of halogens is 3. The lowest BCUT2D eigenvalue weighted by Crippen LogP contribution is -2.81. The minimum Gasteiger partial charge on any atom is -0.401 e. The molecule has 3 aromatic rings. The van der Waals surface area contributed by atoms with Crippen LogP contribution in [0.1, 0.15) is 41.3 Å². The predicted octanol–water partition coefficient (Wildman–Crippen LogP) is 2.63. The van der Waals surface area contributed by atoms with E-state index in [-0.39, 0.29) is 17.1 Å². The van der Waals surface area contributed by atoms with Crippen molar-refractivity contribution in [2.75, 3.05) is 18.0 Å². The number of nitriles is 1. The van der Waals surface area contributed by atoms with Gasteiger partial charge in [-0.2, -0.15) is 18.4 Å². The van der Waals surface area contributed by atoms with Crippen LogP contribution < -0.4 is 20.9 Å². The zero-order valence-electron chi connectivity index (χ0n) is 23.5. The number of rotatable bonds is 5. The van der Waals surface area contributed by atoms with Crippen LogP contribution in [0.3, 0.4) is 0 Å². The molecule has 2 aromatic carbocycles. The Bertz CT molecular complexity index is 1540. The molecule has 2 saturated heterocycles. The lowest BCUT2D eigenvalue weighted by atomic mass is 9.81. The summed E-state index contributed by atoms with van der Waals surface area (Å²) in [6.45, 7) is 2.79. The molecule has 2 fully saturated rings. The van der Waals surface area contributed by atoms with Crippen LogP contribution in [-0.4, -0.2) is 47.2 Å². The standard InChI is InChI=1S/C32H31F3N6O2/c1-19-16-23(18-38-24(19)17-36)41-14-12-20(13-15-41)27(37)25-26(32(33,34)35)29(42)31(43)40-30(25)39-28(21-8-4-2-5-9-21)22-10-6-3-7-11-22/h2-11,16,18,20,26,28-29,42H,12-15,37H2,1H3,(H,39,40,43)/p+1/t26?,29-/m1/s1. The number of pyridine rings is 1. The van der Waals surface area contributed by atoms with E-state index in [0.717, 1.165) is 22.4 Å². The Kier molecular flexibility index (Phi) is 8.50. The highest BCUT2D eigenvalue weighted by Gasteiger charge is 2.57. The SMILES string of the molecule is Cc1cc(N2CCC(C(N)=C3C(=[NH+]C(c4ccccc4)c4ccccc4)NC(=O)[C@H](O)C3C(F)(F)F)CC2)cnc1C#N. The van der Waals surface area contributed by atoms with Crippen LogP contribution in [0.4, 0.5) is 18.9 Å². The summed E-state index contributed by atoms with van der Waals surface area (Å²) in [7, 11) is 0. The van der Waals surface area contributed by atoms with Gasteiger partial charge in [0.25, 0.3) is 5.84 Å². The van der Waals surface area contributed by atoms with Gasteiger partial charge < -0.3 is 15.7 Å². The fraction of sp³-hybridized carbons (Fsp3) is 0.312. The lowest BCUT2D eigenvalue weighted by Gasteiger charge is -2.36. The molecule has 0 saturated carbocycles. The Morgan fingerprint density at radius 1 is 1.12 bits per heavy atom. The summed E-state index contributed by atoms with van der Waals surface area (Å²) >= 11 is 0. The summed E-state index contributed by atoms with van der Waals surface area (Å²) in [6.07, 6.45) is -4.79. The Balaban J connectivity index is 1.55. The normalized spacial score (nSPS) is 21.9. The summed E-state index contributed by atoms with van der Waals surface area (Å²) < 4.78 is 43.7. The van der Waals surface area contributed by atoms with Gasteiger partial charge >= 0.3 is 12.1 Å². The van der Waals surface area contributed by atoms with Crippen molar-refractivity contribution < 1.29 is 28.1 Å². The predicted molar refractivity (Wildman–Crippen MR) is 154 cm³/mol. The summed E-state index contributed by atoms with van der Waals surface area (Å²) in [5.41, 5.74) is 9.66. The molecule has 5 rings (SSSR count). The van der Waals surface area contributed by atoms with Crippen molar-refractivity contribution >= 4 is 17.4 Å². The summed E-state index contributed by atoms with van der Waals surface area (Å²) in [4.78, 5) is 22.1. The van der Waals surface area contributed by atoms with Crippen LogP contribution in [0.15, 0.2) is 84.2 Å². The number of alkyl halides is 3. The Morgan fingerprint density at radius 3 is 2.21 bits per heavy atom. The Morgan fingerprint density at radius 2 is 1.70 bits per heavy atom. The molecule has 43 heavy (non-hydrogen) atoms. The average Bonchev–Trinajstić information content (AvgIpc) is 3.01. The van der Waals surface area contributed by atoms with Gasteiger partial charge in [0.05, 0.1) is 17.5 Å². The van der Waals surface area contributed by atoms with Crippen molar-refractivity contribution in [2.24, 2.45) is 17.6 Å². The maximum absolute atomic E-state index is 14.6. The van der Waals surface area contributed by atoms with Crippen LogP contribution in [0, 0.1) is 30.1 Å². The minimum atomic E-state index is -4.94. The average molecular weight is 590 g/mol. The van der Waals surface area contributed by atoms with Crippen LogP contribution >= 0.6 is 0 Å². The highest BCUT2D eigenvalue weighted by atomic mass is 19.4. The van der Waals surface area contributed by atoms with E-state index in [1.54, 1.807) is 13.1 Å². The van der Waals surface area contributed by atoms with Gasteiger partial charge in [0.2, 0.25) is 0 Å². The van der Waals surface area contributed by atoms with Crippen molar-refractivity contribution in [3.8, 4) is 6.07 Å². The van der Waals surface area contributed by atoms with Gasteiger partial charge in [0.1, 0.15) is 23.7 Å². The number of carbonyl (C=O) groups excluding carboxylic acids is 1. The number of nitrogens with two attached hydrogens (primary N) is 1. The van der Waals surface area contributed by atoms with E-state index in [2.05, 4.69) is 20.2 Å². The number of hydrogen-bond donors (Lipinski definition) is 4. The second-order valence-electron chi connectivity index (χ2n) is 10.8. The fourth-order valence-corrected chi connectivity index (χ4v) is 5.82. The molecular weight excluding hydrogens is 557 g/mol. The third-order valence-electron chi connectivity index (χ3n) is 8.10. The molecule has 2 aliphatic rings. The summed E-state index contributed by atoms with van der Waals surface area (Å²) in [5.74, 6) is -4.25. The van der Waals surface area contributed by atoms with Crippen LogP contribution in [0.2, 0.25) is 0 Å². The van der Waals surface area contributed by atoms with Crippen molar-refractivity contribution in [3.05, 3.63) is 107 Å². The van der Waals surface area contributed by atoms with Gasteiger partial charge in [-0.3, -0.25) is 4.99 Å². The van der Waals surface area contributed by atoms with E-state index in [0.29, 0.717) is 31.6 Å². The molecule has 11 heteroatoms. The molecule has 1 aromatic heterocycles. The molecule has 5 N–H and O–H groups in total. The van der Waals surface area contributed by atoms with Crippen molar-refractivity contribution in [1.29, 1.82) is 5.26 Å². The zero-order valence-corrected chi connectivity index (χ0v) is 23.5. The number of amides is 1. The first-order chi connectivity index (χ1) is 20.6. The number of carbonyl (C=O) groups is 1. The topological polar surface area (TPSA) is 129 Å². The van der Waals surface area contributed by atoms with E-state index in [4.69, 9.17) is 5.73 Å². The monoisotopic (exact) mass is 589 g/mol. The van der Waals surface area contributed by atoms with Gasteiger partial charge in [0.15, 0.2) is 6.10 Å². The van der Waals surface area contributed by atoms with Gasteiger partial charge in [-0.05, 0) is 31.4 Å². The second-order valence-corrected chi connectivity index (χ2v) is 10.8. The number of aliphatic hydroxyl groups is 1. The van der Waals surface area contributed by atoms with Gasteiger partial charge in [-0.15, -0.1) is 0 Å². The number of aromatic nitrogens is 1. The molecule has 1 amide bonds.